The van der Waals surface area contributed by atoms with Crippen LogP contribution in [0.2, 0.25) is 0 Å². The maximum absolute atomic E-state index is 13.4. The summed E-state index contributed by atoms with van der Waals surface area (Å²) in [6, 6.07) is 18.6. The molecule has 2 N–H and O–H groups in total. The number of hydrogen-bond donors (Lipinski definition) is 1. The fraction of sp³-hybridized carbons (Fsp3) is 0.231. The van der Waals surface area contributed by atoms with E-state index < -0.39 is 23.7 Å². The van der Waals surface area contributed by atoms with Gasteiger partial charge in [-0.3, -0.25) is 9.36 Å². The number of nitrogen functional groups attached to an aromatic ring is 1. The molecule has 0 spiro atoms. The van der Waals surface area contributed by atoms with E-state index >= 15 is 0 Å². The van der Waals surface area contributed by atoms with Gasteiger partial charge in [-0.2, -0.15) is 4.68 Å². The summed E-state index contributed by atoms with van der Waals surface area (Å²) in [7, 11) is 0. The molecule has 37 heavy (non-hydrogen) atoms. The van der Waals surface area contributed by atoms with Crippen LogP contribution in [0.15, 0.2) is 80.4 Å². The minimum absolute atomic E-state index is 0.0700. The van der Waals surface area contributed by atoms with Gasteiger partial charge in [-0.05, 0) is 54.4 Å². The number of nitrogens with two attached hydrogens (primary N) is 1. The number of aryl methyl sites for hydroxylation is 1. The summed E-state index contributed by atoms with van der Waals surface area (Å²) in [6.45, 7) is 4.14. The van der Waals surface area contributed by atoms with Crippen LogP contribution in [-0.2, 0) is 17.9 Å². The molecule has 0 saturated carbocycles. The lowest BCUT2D eigenvalue weighted by Crippen LogP contribution is -2.57. The molecule has 1 amide bonds. The molecule has 0 aliphatic carbocycles. The van der Waals surface area contributed by atoms with Crippen LogP contribution >= 0.6 is 0 Å². The smallest absolute Gasteiger partial charge is 0.353 e. The number of ether oxygens (including phenoxy) is 1. The summed E-state index contributed by atoms with van der Waals surface area (Å²) in [6.07, 6.45) is -0.409. The van der Waals surface area contributed by atoms with E-state index in [0.717, 1.165) is 36.9 Å². The zero-order chi connectivity index (χ0) is 26.5. The minimum Gasteiger partial charge on any atom is -0.494 e. The van der Waals surface area contributed by atoms with Gasteiger partial charge in [0.25, 0.3) is 5.91 Å². The fourth-order valence-corrected chi connectivity index (χ4v) is 3.88. The number of hydrogen-bond acceptors (Lipinski definition) is 7. The number of carbonyl (C=O) groups excluding carboxylic acids is 1. The quantitative estimate of drug-likeness (QED) is 0.289. The molecular weight excluding hydrogens is 476 g/mol. The molecule has 0 radical (unpaired) electrons. The lowest BCUT2D eigenvalue weighted by molar-refractivity contribution is -0.118. The van der Waals surface area contributed by atoms with Crippen LogP contribution in [0.4, 0.5) is 5.69 Å². The Morgan fingerprint density at radius 1 is 0.946 bits per heavy atom. The first-order valence-electron chi connectivity index (χ1n) is 11.7. The van der Waals surface area contributed by atoms with Crippen LogP contribution in [0, 0.1) is 11.8 Å². The van der Waals surface area contributed by atoms with Crippen LogP contribution < -0.4 is 27.6 Å². The predicted molar refractivity (Wildman–Crippen MR) is 139 cm³/mol. The summed E-state index contributed by atoms with van der Waals surface area (Å²) >= 11 is 0. The third-order valence-electron chi connectivity index (χ3n) is 5.80. The van der Waals surface area contributed by atoms with Gasteiger partial charge in [0.15, 0.2) is 0 Å². The molecule has 1 aromatic heterocycles. The summed E-state index contributed by atoms with van der Waals surface area (Å²) in [5, 5.41) is 4.14. The number of carbonyl (C=O) groups is 1. The highest BCUT2D eigenvalue weighted by Crippen LogP contribution is 2.25. The van der Waals surface area contributed by atoms with Crippen molar-refractivity contribution in [2.45, 2.75) is 33.4 Å². The largest absolute Gasteiger partial charge is 0.494 e. The van der Waals surface area contributed by atoms with Gasteiger partial charge in [-0.15, -0.1) is 4.91 Å². The average Bonchev–Trinajstić information content (AvgIpc) is 2.90. The lowest BCUT2D eigenvalue weighted by Gasteiger charge is -2.14. The molecule has 0 unspecified atom stereocenters. The summed E-state index contributed by atoms with van der Waals surface area (Å²) in [4.78, 5) is 52.8. The van der Waals surface area contributed by atoms with Gasteiger partial charge in [0.05, 0.1) is 25.3 Å². The Hall–Kier alpha value is -4.80. The Morgan fingerprint density at radius 3 is 2.35 bits per heavy atom. The average molecular weight is 503 g/mol. The highest BCUT2D eigenvalue weighted by molar-refractivity contribution is 5.86. The van der Waals surface area contributed by atoms with Crippen molar-refractivity contribution >= 4 is 22.4 Å². The van der Waals surface area contributed by atoms with Gasteiger partial charge in [0, 0.05) is 11.7 Å². The van der Waals surface area contributed by atoms with Crippen molar-refractivity contribution in [1.29, 1.82) is 0 Å². The molecule has 0 bridgehead atoms. The van der Waals surface area contributed by atoms with Gasteiger partial charge in [0.2, 0.25) is 5.62 Å². The van der Waals surface area contributed by atoms with Gasteiger partial charge >= 0.3 is 11.4 Å². The van der Waals surface area contributed by atoms with Crippen molar-refractivity contribution in [2.24, 2.45) is 10.2 Å². The first-order chi connectivity index (χ1) is 17.8. The molecule has 4 aromatic rings. The van der Waals surface area contributed by atoms with Crippen molar-refractivity contribution in [3.63, 3.8) is 0 Å². The van der Waals surface area contributed by atoms with Crippen molar-refractivity contribution in [2.75, 3.05) is 12.4 Å². The molecule has 0 aliphatic heterocycles. The van der Waals surface area contributed by atoms with Gasteiger partial charge < -0.3 is 10.6 Å². The summed E-state index contributed by atoms with van der Waals surface area (Å²) < 4.78 is 8.37. The summed E-state index contributed by atoms with van der Waals surface area (Å²) in [5.41, 5.74) is 0.643. The van der Waals surface area contributed by atoms with Gasteiger partial charge in [-0.1, -0.05) is 42.0 Å². The molecule has 11 nitrogen and oxygen atoms in total. The first kappa shape index (κ1) is 25.3. The standard InChI is InChI=1S/C26H26N6O5/c1-3-37-22-11-9-19-14-21(10-8-20(19)15-22)28-24-31(16-18-6-4-17(2)5-7-18)25(34)30(26(35)32(24)27)13-12-23(33)29-36/h4-11,14-15H,3,12-13,16,27H2,1-2H3/b28-24-. The predicted octanol–water partition coefficient (Wildman–Crippen LogP) is 2.35. The number of fused-ring (bicyclic) bond motifs is 1. The fourth-order valence-electron chi connectivity index (χ4n) is 3.88. The number of rotatable bonds is 8. The molecule has 4 rings (SSSR count). The monoisotopic (exact) mass is 502 g/mol. The molecule has 1 heterocycles. The minimum atomic E-state index is -0.975. The number of nitroso groups, excluding NO2 is 1. The Bertz CT molecular complexity index is 1660. The van der Waals surface area contributed by atoms with Crippen LogP contribution in [-0.4, -0.2) is 26.3 Å². The Balaban J connectivity index is 1.88. The van der Waals surface area contributed by atoms with E-state index in [9.17, 15) is 19.3 Å². The Morgan fingerprint density at radius 2 is 1.65 bits per heavy atom. The van der Waals surface area contributed by atoms with Gasteiger partial charge in [0.1, 0.15) is 5.75 Å². The van der Waals surface area contributed by atoms with E-state index in [4.69, 9.17) is 10.6 Å². The second-order valence-electron chi connectivity index (χ2n) is 8.43. The maximum Gasteiger partial charge on any atom is 0.353 e. The van der Waals surface area contributed by atoms with Crippen molar-refractivity contribution < 1.29 is 9.53 Å². The van der Waals surface area contributed by atoms with Gasteiger partial charge in [-0.25, -0.2) is 19.1 Å². The Kier molecular flexibility index (Phi) is 7.42. The van der Waals surface area contributed by atoms with Crippen LogP contribution in [0.3, 0.4) is 0 Å². The van der Waals surface area contributed by atoms with E-state index in [1.165, 1.54) is 4.57 Å². The first-order valence-corrected chi connectivity index (χ1v) is 11.7. The lowest BCUT2D eigenvalue weighted by atomic mass is 10.1. The molecule has 0 atom stereocenters. The topological polar surface area (TPSA) is 143 Å². The third kappa shape index (κ3) is 5.56. The van der Waals surface area contributed by atoms with E-state index in [2.05, 4.69) is 10.2 Å². The zero-order valence-electron chi connectivity index (χ0n) is 20.5. The number of benzene rings is 3. The van der Waals surface area contributed by atoms with E-state index in [0.29, 0.717) is 12.3 Å². The summed E-state index contributed by atoms with van der Waals surface area (Å²) in [5.74, 6) is 5.90. The Labute approximate surface area is 211 Å². The molecule has 0 fully saturated rings. The molecule has 3 aromatic carbocycles. The second-order valence-corrected chi connectivity index (χ2v) is 8.43. The van der Waals surface area contributed by atoms with Crippen LogP contribution in [0.1, 0.15) is 24.5 Å². The molecule has 190 valence electrons. The molecule has 0 saturated heterocycles. The third-order valence-corrected chi connectivity index (χ3v) is 5.80. The normalized spacial score (nSPS) is 11.6. The molecule has 11 heteroatoms. The number of aromatic nitrogens is 3. The van der Waals surface area contributed by atoms with Crippen molar-refractivity contribution in [1.82, 2.24) is 13.8 Å². The maximum atomic E-state index is 13.4. The van der Waals surface area contributed by atoms with Crippen molar-refractivity contribution in [3.05, 3.63) is 103 Å². The van der Waals surface area contributed by atoms with E-state index in [-0.39, 0.29) is 18.7 Å². The van der Waals surface area contributed by atoms with Crippen molar-refractivity contribution in [3.8, 4) is 5.75 Å². The molecular formula is C26H26N6O5. The van der Waals surface area contributed by atoms with Crippen LogP contribution in [0.5, 0.6) is 5.75 Å². The number of nitrogens with zero attached hydrogens (tertiary/aromatic N) is 5. The SMILES string of the molecule is CCOc1ccc2cc(/N=c3\n(N)c(=O)n(CCC(=O)N=O)c(=O)n3Cc3ccc(C)cc3)ccc2c1. The number of amides is 1. The molecule has 0 aliphatic rings. The van der Waals surface area contributed by atoms with E-state index in [1.54, 1.807) is 6.07 Å². The highest BCUT2D eigenvalue weighted by Gasteiger charge is 2.15. The van der Waals surface area contributed by atoms with E-state index in [1.807, 2.05) is 68.4 Å². The highest BCUT2D eigenvalue weighted by atomic mass is 16.5. The van der Waals surface area contributed by atoms with Crippen LogP contribution in [0.25, 0.3) is 10.8 Å². The zero-order valence-corrected chi connectivity index (χ0v) is 20.5. The second kappa shape index (κ2) is 10.9.